The van der Waals surface area contributed by atoms with E-state index in [0.29, 0.717) is 0 Å². The van der Waals surface area contributed by atoms with Crippen molar-refractivity contribution >= 4 is 5.69 Å². The first-order chi connectivity index (χ1) is 9.90. The highest BCUT2D eigenvalue weighted by atomic mass is 19.1. The molecule has 2 N–H and O–H groups in total. The minimum atomic E-state index is -0.885. The lowest BCUT2D eigenvalue weighted by atomic mass is 10.1. The molecule has 0 saturated carbocycles. The molecule has 1 atom stereocenters. The maximum atomic E-state index is 13.8. The molecule has 0 bridgehead atoms. The van der Waals surface area contributed by atoms with Crippen molar-refractivity contribution in [1.82, 2.24) is 0 Å². The monoisotopic (exact) mass is 294 g/mol. The van der Waals surface area contributed by atoms with Gasteiger partial charge in [0.15, 0.2) is 5.82 Å². The summed E-state index contributed by atoms with van der Waals surface area (Å²) in [5, 5.41) is 10.9. The molecule has 0 amide bonds. The Morgan fingerprint density at radius 3 is 2.62 bits per heavy atom. The molecule has 0 aliphatic carbocycles. The summed E-state index contributed by atoms with van der Waals surface area (Å²) in [7, 11) is 0. The van der Waals surface area contributed by atoms with Crippen LogP contribution >= 0.6 is 0 Å². The zero-order chi connectivity index (χ0) is 15.6. The summed E-state index contributed by atoms with van der Waals surface area (Å²) >= 11 is 0. The van der Waals surface area contributed by atoms with Crippen molar-refractivity contribution in [1.29, 1.82) is 0 Å². The third kappa shape index (κ3) is 3.14. The van der Waals surface area contributed by atoms with Gasteiger partial charge in [0, 0.05) is 17.7 Å². The normalized spacial score (nSPS) is 12.0. The molecule has 21 heavy (non-hydrogen) atoms. The van der Waals surface area contributed by atoms with Crippen molar-refractivity contribution < 1.29 is 18.4 Å². The molecule has 110 valence electrons. The van der Waals surface area contributed by atoms with E-state index in [-0.39, 0.29) is 11.3 Å². The topological polar surface area (TPSA) is 78.4 Å². The lowest BCUT2D eigenvalue weighted by Crippen LogP contribution is -2.08. The second kappa shape index (κ2) is 5.84. The predicted molar refractivity (Wildman–Crippen MR) is 72.1 cm³/mol. The van der Waals surface area contributed by atoms with E-state index < -0.39 is 34.0 Å². The number of ether oxygens (including phenoxy) is 1. The Bertz CT molecular complexity index is 690. The fraction of sp³-hybridized carbons (Fsp3) is 0.143. The highest BCUT2D eigenvalue weighted by molar-refractivity contribution is 5.50. The Hall–Kier alpha value is -2.54. The molecular formula is C14H12F2N2O3. The Kier molecular flexibility index (Phi) is 4.13. The lowest BCUT2D eigenvalue weighted by molar-refractivity contribution is -0.385. The molecule has 2 rings (SSSR count). The van der Waals surface area contributed by atoms with Crippen LogP contribution < -0.4 is 10.5 Å². The van der Waals surface area contributed by atoms with Crippen LogP contribution in [0.5, 0.6) is 11.5 Å². The largest absolute Gasteiger partial charge is 0.447 e. The number of para-hydroxylation sites is 1. The predicted octanol–water partition coefficient (Wildman–Crippen LogP) is 3.69. The van der Waals surface area contributed by atoms with Gasteiger partial charge in [0.25, 0.3) is 0 Å². The van der Waals surface area contributed by atoms with Crippen molar-refractivity contribution in [2.24, 2.45) is 5.73 Å². The molecule has 7 heteroatoms. The molecule has 0 unspecified atom stereocenters. The summed E-state index contributed by atoms with van der Waals surface area (Å²) in [5.41, 5.74) is 5.46. The number of hydrogen-bond donors (Lipinski definition) is 1. The average molecular weight is 294 g/mol. The van der Waals surface area contributed by atoms with Crippen LogP contribution in [-0.4, -0.2) is 4.92 Å². The van der Waals surface area contributed by atoms with Crippen molar-refractivity contribution in [3.8, 4) is 11.5 Å². The number of nitro benzene ring substituents is 1. The Balaban J connectivity index is 2.51. The molecule has 0 saturated heterocycles. The van der Waals surface area contributed by atoms with E-state index in [1.165, 1.54) is 12.1 Å². The Morgan fingerprint density at radius 2 is 2.00 bits per heavy atom. The molecule has 5 nitrogen and oxygen atoms in total. The SMILES string of the molecule is C[C@@H](N)c1cc(F)ccc1Oc1c(F)cccc1[N+](=O)[O-]. The van der Waals surface area contributed by atoms with E-state index in [0.717, 1.165) is 24.3 Å². The van der Waals surface area contributed by atoms with Crippen molar-refractivity contribution in [2.75, 3.05) is 0 Å². The van der Waals surface area contributed by atoms with Gasteiger partial charge in [-0.15, -0.1) is 0 Å². The van der Waals surface area contributed by atoms with Crippen LogP contribution in [0.2, 0.25) is 0 Å². The number of halogens is 2. The molecular weight excluding hydrogens is 282 g/mol. The van der Waals surface area contributed by atoms with Gasteiger partial charge >= 0.3 is 5.69 Å². The summed E-state index contributed by atoms with van der Waals surface area (Å²) in [5.74, 6) is -1.88. The van der Waals surface area contributed by atoms with E-state index in [9.17, 15) is 18.9 Å². The molecule has 0 aliphatic heterocycles. The van der Waals surface area contributed by atoms with E-state index in [4.69, 9.17) is 10.5 Å². The van der Waals surface area contributed by atoms with Crippen LogP contribution in [0.3, 0.4) is 0 Å². The molecule has 0 heterocycles. The molecule has 0 aromatic heterocycles. The van der Waals surface area contributed by atoms with Gasteiger partial charge < -0.3 is 10.5 Å². The van der Waals surface area contributed by atoms with E-state index in [1.807, 2.05) is 0 Å². The average Bonchev–Trinajstić information content (AvgIpc) is 2.42. The van der Waals surface area contributed by atoms with Crippen LogP contribution in [0.4, 0.5) is 14.5 Å². The number of rotatable bonds is 4. The lowest BCUT2D eigenvalue weighted by Gasteiger charge is -2.14. The first-order valence-corrected chi connectivity index (χ1v) is 6.06. The zero-order valence-corrected chi connectivity index (χ0v) is 11.0. The third-order valence-electron chi connectivity index (χ3n) is 2.82. The summed E-state index contributed by atoms with van der Waals surface area (Å²) in [6, 6.07) is 6.29. The van der Waals surface area contributed by atoms with E-state index in [1.54, 1.807) is 6.92 Å². The minimum Gasteiger partial charge on any atom is -0.447 e. The van der Waals surface area contributed by atoms with Crippen molar-refractivity contribution in [3.05, 3.63) is 63.7 Å². The first-order valence-electron chi connectivity index (χ1n) is 6.06. The minimum absolute atomic E-state index is 0.0691. The zero-order valence-electron chi connectivity index (χ0n) is 11.0. The number of hydrogen-bond acceptors (Lipinski definition) is 4. The molecule has 0 radical (unpaired) electrons. The summed E-state index contributed by atoms with van der Waals surface area (Å²) in [6.45, 7) is 1.59. The van der Waals surface area contributed by atoms with Crippen LogP contribution in [0.1, 0.15) is 18.5 Å². The summed E-state index contributed by atoms with van der Waals surface area (Å²) < 4.78 is 32.3. The van der Waals surface area contributed by atoms with Crippen molar-refractivity contribution in [2.45, 2.75) is 13.0 Å². The quantitative estimate of drug-likeness (QED) is 0.689. The van der Waals surface area contributed by atoms with Gasteiger partial charge in [-0.1, -0.05) is 6.07 Å². The van der Waals surface area contributed by atoms with Gasteiger partial charge in [0.1, 0.15) is 11.6 Å². The summed E-state index contributed by atoms with van der Waals surface area (Å²) in [4.78, 5) is 10.2. The highest BCUT2D eigenvalue weighted by Crippen LogP contribution is 2.36. The van der Waals surface area contributed by atoms with Gasteiger partial charge in [0.2, 0.25) is 5.75 Å². The van der Waals surface area contributed by atoms with Crippen LogP contribution in [0.25, 0.3) is 0 Å². The van der Waals surface area contributed by atoms with Gasteiger partial charge in [0.05, 0.1) is 4.92 Å². The second-order valence-corrected chi connectivity index (χ2v) is 4.42. The molecule has 2 aromatic carbocycles. The maximum absolute atomic E-state index is 13.8. The van der Waals surface area contributed by atoms with Crippen LogP contribution in [-0.2, 0) is 0 Å². The number of nitrogens with two attached hydrogens (primary N) is 1. The summed E-state index contributed by atoms with van der Waals surface area (Å²) in [6.07, 6.45) is 0. The first kappa shape index (κ1) is 14.9. The molecule has 0 spiro atoms. The van der Waals surface area contributed by atoms with Crippen LogP contribution in [0, 0.1) is 21.7 Å². The van der Waals surface area contributed by atoms with Gasteiger partial charge in [-0.2, -0.15) is 0 Å². The smallest absolute Gasteiger partial charge is 0.314 e. The van der Waals surface area contributed by atoms with Crippen LogP contribution in [0.15, 0.2) is 36.4 Å². The number of nitro groups is 1. The Morgan fingerprint density at radius 1 is 1.29 bits per heavy atom. The van der Waals surface area contributed by atoms with Crippen molar-refractivity contribution in [3.63, 3.8) is 0 Å². The molecule has 0 fully saturated rings. The van der Waals surface area contributed by atoms with E-state index in [2.05, 4.69) is 0 Å². The number of nitrogens with zero attached hydrogens (tertiary/aromatic N) is 1. The fourth-order valence-corrected chi connectivity index (χ4v) is 1.82. The standard InChI is InChI=1S/C14H12F2N2O3/c1-8(17)10-7-9(15)5-6-13(10)21-14-11(16)3-2-4-12(14)18(19)20/h2-8H,17H2,1H3/t8-/m1/s1. The van der Waals surface area contributed by atoms with Gasteiger partial charge in [-0.05, 0) is 31.2 Å². The Labute approximate surface area is 119 Å². The third-order valence-corrected chi connectivity index (χ3v) is 2.82. The fourth-order valence-electron chi connectivity index (χ4n) is 1.82. The molecule has 2 aromatic rings. The van der Waals surface area contributed by atoms with E-state index >= 15 is 0 Å². The number of benzene rings is 2. The maximum Gasteiger partial charge on any atom is 0.314 e. The van der Waals surface area contributed by atoms with Gasteiger partial charge in [-0.25, -0.2) is 8.78 Å². The second-order valence-electron chi connectivity index (χ2n) is 4.42. The highest BCUT2D eigenvalue weighted by Gasteiger charge is 2.22. The molecule has 0 aliphatic rings. The van der Waals surface area contributed by atoms with Gasteiger partial charge in [-0.3, -0.25) is 10.1 Å².